The van der Waals surface area contributed by atoms with Crippen LogP contribution in [0.4, 0.5) is 0 Å². The Labute approximate surface area is 146 Å². The van der Waals surface area contributed by atoms with Gasteiger partial charge in [-0.05, 0) is 40.6 Å². The zero-order valence-corrected chi connectivity index (χ0v) is 14.4. The highest BCUT2D eigenvalue weighted by molar-refractivity contribution is 7.10. The zero-order valence-electron chi connectivity index (χ0n) is 13.6. The molecule has 1 unspecified atom stereocenters. The minimum atomic E-state index is 0.388. The Morgan fingerprint density at radius 1 is 1.00 bits per heavy atom. The highest BCUT2D eigenvalue weighted by Crippen LogP contribution is 2.41. The third-order valence-corrected chi connectivity index (χ3v) is 5.80. The average molecular weight is 335 g/mol. The monoisotopic (exact) mass is 335 g/mol. The van der Waals surface area contributed by atoms with Crippen molar-refractivity contribution in [1.29, 1.82) is 0 Å². The van der Waals surface area contributed by atoms with Crippen molar-refractivity contribution in [3.05, 3.63) is 76.0 Å². The zero-order chi connectivity index (χ0) is 16.4. The van der Waals surface area contributed by atoms with Crippen LogP contribution in [0.2, 0.25) is 0 Å². The summed E-state index contributed by atoms with van der Waals surface area (Å²) in [6.07, 6.45) is 1.92. The molecule has 1 atom stereocenters. The van der Waals surface area contributed by atoms with Crippen LogP contribution in [0.25, 0.3) is 11.1 Å². The van der Waals surface area contributed by atoms with E-state index < -0.39 is 0 Å². The molecule has 3 aromatic rings. The molecule has 0 bridgehead atoms. The lowest BCUT2D eigenvalue weighted by Crippen LogP contribution is -2.14. The number of hydrogen-bond acceptors (Lipinski definition) is 3. The fourth-order valence-electron chi connectivity index (χ4n) is 3.47. The normalized spacial score (nSPS) is 13.4. The molecule has 3 heteroatoms. The summed E-state index contributed by atoms with van der Waals surface area (Å²) >= 11 is 1.78. The third-order valence-electron chi connectivity index (χ3n) is 4.76. The lowest BCUT2D eigenvalue weighted by atomic mass is 10.0. The van der Waals surface area contributed by atoms with Gasteiger partial charge in [-0.3, -0.25) is 0 Å². The van der Waals surface area contributed by atoms with E-state index in [4.69, 9.17) is 10.5 Å². The van der Waals surface area contributed by atoms with E-state index in [0.29, 0.717) is 19.1 Å². The predicted molar refractivity (Wildman–Crippen MR) is 101 cm³/mol. The molecule has 24 heavy (non-hydrogen) atoms. The van der Waals surface area contributed by atoms with Crippen LogP contribution >= 0.6 is 11.3 Å². The molecule has 4 rings (SSSR count). The van der Waals surface area contributed by atoms with Gasteiger partial charge in [0, 0.05) is 29.3 Å². The lowest BCUT2D eigenvalue weighted by molar-refractivity contribution is 0.297. The smallest absolute Gasteiger partial charge is 0.123 e. The number of benzene rings is 2. The number of rotatable bonds is 6. The van der Waals surface area contributed by atoms with E-state index in [9.17, 15) is 0 Å². The molecule has 0 amide bonds. The Hall–Kier alpha value is -2.10. The molecule has 1 heterocycles. The molecule has 2 N–H and O–H groups in total. The largest absolute Gasteiger partial charge is 0.493 e. The summed E-state index contributed by atoms with van der Waals surface area (Å²) in [7, 11) is 0. The number of ether oxygens (including phenoxy) is 1. The molecule has 122 valence electrons. The third kappa shape index (κ3) is 2.85. The predicted octanol–water partition coefficient (Wildman–Crippen LogP) is 4.83. The highest BCUT2D eigenvalue weighted by atomic mass is 32.1. The Balaban J connectivity index is 1.47. The first-order valence-electron chi connectivity index (χ1n) is 8.43. The molecule has 2 nitrogen and oxygen atoms in total. The Morgan fingerprint density at radius 2 is 1.88 bits per heavy atom. The highest BCUT2D eigenvalue weighted by Gasteiger charge is 2.21. The summed E-state index contributed by atoms with van der Waals surface area (Å²) in [6.45, 7) is 1.37. The second-order valence-electron chi connectivity index (χ2n) is 6.20. The summed E-state index contributed by atoms with van der Waals surface area (Å²) in [5.74, 6) is 1.41. The van der Waals surface area contributed by atoms with Crippen LogP contribution in [0.1, 0.15) is 28.3 Å². The van der Waals surface area contributed by atoms with Crippen LogP contribution in [0.3, 0.4) is 0 Å². The van der Waals surface area contributed by atoms with E-state index in [1.807, 2.05) is 0 Å². The van der Waals surface area contributed by atoms with Gasteiger partial charge >= 0.3 is 0 Å². The Bertz CT molecular complexity index is 826. The van der Waals surface area contributed by atoms with Gasteiger partial charge in [0.2, 0.25) is 0 Å². The first-order valence-corrected chi connectivity index (χ1v) is 9.31. The van der Waals surface area contributed by atoms with E-state index in [1.165, 1.54) is 27.1 Å². The van der Waals surface area contributed by atoms with Crippen LogP contribution in [0.15, 0.2) is 60.0 Å². The van der Waals surface area contributed by atoms with Crippen LogP contribution in [0.5, 0.6) is 5.75 Å². The van der Waals surface area contributed by atoms with Gasteiger partial charge in [0.1, 0.15) is 5.75 Å². The van der Waals surface area contributed by atoms with Gasteiger partial charge in [0.05, 0.1) is 6.61 Å². The molecular formula is C21H21NOS. The van der Waals surface area contributed by atoms with Crippen molar-refractivity contribution >= 4 is 11.3 Å². The number of fused-ring (bicyclic) bond motifs is 3. The molecule has 0 saturated carbocycles. The first-order chi connectivity index (χ1) is 11.9. The van der Waals surface area contributed by atoms with Crippen molar-refractivity contribution in [3.8, 4) is 16.9 Å². The summed E-state index contributed by atoms with van der Waals surface area (Å²) in [5.41, 5.74) is 11.3. The topological polar surface area (TPSA) is 35.2 Å². The van der Waals surface area contributed by atoms with Crippen molar-refractivity contribution in [2.75, 3.05) is 13.2 Å². The lowest BCUT2D eigenvalue weighted by Gasteiger charge is -2.15. The van der Waals surface area contributed by atoms with Gasteiger partial charge < -0.3 is 10.5 Å². The van der Waals surface area contributed by atoms with Crippen LogP contribution in [-0.4, -0.2) is 13.2 Å². The summed E-state index contributed by atoms with van der Waals surface area (Å²) in [4.78, 5) is 1.35. The molecule has 0 radical (unpaired) electrons. The van der Waals surface area contributed by atoms with E-state index in [-0.39, 0.29) is 0 Å². The molecule has 0 fully saturated rings. The van der Waals surface area contributed by atoms with Crippen LogP contribution < -0.4 is 10.5 Å². The molecule has 1 aliphatic carbocycles. The SMILES string of the molecule is NCC(CCOc1cccc2c1Cc1ccccc1-2)c1cccs1. The molecule has 1 aliphatic rings. The fraction of sp³-hybridized carbons (Fsp3) is 0.238. The first kappa shape index (κ1) is 15.4. The number of hydrogen-bond donors (Lipinski definition) is 1. The van der Waals surface area contributed by atoms with Crippen LogP contribution in [-0.2, 0) is 6.42 Å². The molecular weight excluding hydrogens is 314 g/mol. The van der Waals surface area contributed by atoms with Crippen molar-refractivity contribution in [2.45, 2.75) is 18.8 Å². The van der Waals surface area contributed by atoms with Gasteiger partial charge in [-0.25, -0.2) is 0 Å². The van der Waals surface area contributed by atoms with E-state index in [0.717, 1.165) is 18.6 Å². The Morgan fingerprint density at radius 3 is 2.71 bits per heavy atom. The average Bonchev–Trinajstić information content (AvgIpc) is 3.27. The van der Waals surface area contributed by atoms with Gasteiger partial charge in [-0.15, -0.1) is 11.3 Å². The van der Waals surface area contributed by atoms with E-state index in [2.05, 4.69) is 60.0 Å². The maximum atomic E-state index is 6.16. The van der Waals surface area contributed by atoms with E-state index >= 15 is 0 Å². The minimum absolute atomic E-state index is 0.388. The van der Waals surface area contributed by atoms with Crippen molar-refractivity contribution in [1.82, 2.24) is 0 Å². The molecule has 1 aromatic heterocycles. The molecule has 2 aromatic carbocycles. The number of nitrogens with two attached hydrogens (primary N) is 1. The maximum Gasteiger partial charge on any atom is 0.123 e. The standard InChI is InChI=1S/C21H21NOS/c22-14-16(21-9-4-12-24-21)10-11-23-20-8-3-7-18-17-6-2-1-5-15(17)13-19(18)20/h1-9,12,16H,10-11,13-14,22H2. The van der Waals surface area contributed by atoms with E-state index in [1.54, 1.807) is 11.3 Å². The summed E-state index contributed by atoms with van der Waals surface area (Å²) < 4.78 is 6.16. The minimum Gasteiger partial charge on any atom is -0.493 e. The summed E-state index contributed by atoms with van der Waals surface area (Å²) in [6, 6.07) is 19.3. The second-order valence-corrected chi connectivity index (χ2v) is 7.18. The van der Waals surface area contributed by atoms with Crippen LogP contribution in [0, 0.1) is 0 Å². The van der Waals surface area contributed by atoms with Crippen molar-refractivity contribution < 1.29 is 4.74 Å². The van der Waals surface area contributed by atoms with Crippen molar-refractivity contribution in [3.63, 3.8) is 0 Å². The fourth-order valence-corrected chi connectivity index (χ4v) is 4.35. The van der Waals surface area contributed by atoms with Gasteiger partial charge in [-0.1, -0.05) is 42.5 Å². The quantitative estimate of drug-likeness (QED) is 0.548. The van der Waals surface area contributed by atoms with Gasteiger partial charge in [0.15, 0.2) is 0 Å². The van der Waals surface area contributed by atoms with Gasteiger partial charge in [-0.2, -0.15) is 0 Å². The second kappa shape index (κ2) is 6.80. The van der Waals surface area contributed by atoms with Gasteiger partial charge in [0.25, 0.3) is 0 Å². The molecule has 0 saturated heterocycles. The number of thiophene rings is 1. The summed E-state index contributed by atoms with van der Waals surface area (Å²) in [5, 5.41) is 2.11. The van der Waals surface area contributed by atoms with Crippen molar-refractivity contribution in [2.24, 2.45) is 5.73 Å². The Kier molecular flexibility index (Phi) is 4.37. The molecule has 0 aliphatic heterocycles. The maximum absolute atomic E-state index is 6.16. The molecule has 0 spiro atoms.